The van der Waals surface area contributed by atoms with E-state index in [1.165, 1.54) is 0 Å². The summed E-state index contributed by atoms with van der Waals surface area (Å²) in [5, 5.41) is 0. The third-order valence-corrected chi connectivity index (χ3v) is 4.80. The molecule has 136 valence electrons. The van der Waals surface area contributed by atoms with Crippen molar-refractivity contribution in [3.8, 4) is 0 Å². The first-order valence-electron chi connectivity index (χ1n) is 9.17. The van der Waals surface area contributed by atoms with Crippen LogP contribution < -0.4 is 0 Å². The fourth-order valence-corrected chi connectivity index (χ4v) is 3.33. The highest BCUT2D eigenvalue weighted by Gasteiger charge is 2.26. The predicted octanol–water partition coefficient (Wildman–Crippen LogP) is 3.98. The summed E-state index contributed by atoms with van der Waals surface area (Å²) in [6.07, 6.45) is 2.25. The van der Waals surface area contributed by atoms with Gasteiger partial charge in [0.25, 0.3) is 5.91 Å². The van der Waals surface area contributed by atoms with Gasteiger partial charge in [-0.15, -0.1) is 0 Å². The molecule has 0 radical (unpaired) electrons. The molecule has 4 nitrogen and oxygen atoms in total. The number of likely N-dealkylation sites (tertiary alicyclic amines) is 1. The molecule has 1 saturated heterocycles. The first-order valence-corrected chi connectivity index (χ1v) is 9.17. The van der Waals surface area contributed by atoms with Crippen molar-refractivity contribution in [2.24, 2.45) is 5.92 Å². The van der Waals surface area contributed by atoms with Crippen LogP contribution in [-0.2, 0) is 16.1 Å². The second kappa shape index (κ2) is 8.65. The van der Waals surface area contributed by atoms with Crippen LogP contribution in [0.3, 0.4) is 0 Å². The van der Waals surface area contributed by atoms with Crippen molar-refractivity contribution in [1.82, 2.24) is 4.90 Å². The van der Waals surface area contributed by atoms with Gasteiger partial charge in [0.15, 0.2) is 0 Å². The number of piperidine rings is 1. The minimum atomic E-state index is -0.191. The Bertz CT molecular complexity index is 740. The van der Waals surface area contributed by atoms with Crippen LogP contribution in [0.1, 0.15) is 40.7 Å². The van der Waals surface area contributed by atoms with E-state index in [0.29, 0.717) is 25.1 Å². The molecule has 0 aromatic heterocycles. The van der Waals surface area contributed by atoms with Gasteiger partial charge < -0.3 is 9.64 Å². The van der Waals surface area contributed by atoms with Crippen molar-refractivity contribution in [3.05, 3.63) is 71.3 Å². The number of nitrogens with zero attached hydrogens (tertiary/aromatic N) is 1. The molecular formula is C22H25NO3. The topological polar surface area (TPSA) is 46.6 Å². The van der Waals surface area contributed by atoms with E-state index in [1.807, 2.05) is 66.4 Å². The van der Waals surface area contributed by atoms with Crippen molar-refractivity contribution in [3.63, 3.8) is 0 Å². The van der Waals surface area contributed by atoms with Crippen molar-refractivity contribution >= 4 is 11.9 Å². The van der Waals surface area contributed by atoms with Gasteiger partial charge in [-0.25, -0.2) is 0 Å². The smallest absolute Gasteiger partial charge is 0.306 e. The van der Waals surface area contributed by atoms with Gasteiger partial charge in [-0.3, -0.25) is 9.59 Å². The molecule has 1 fully saturated rings. The summed E-state index contributed by atoms with van der Waals surface area (Å²) in [5.74, 6) is 0.0252. The molecule has 1 amide bonds. The molecule has 0 N–H and O–H groups in total. The van der Waals surface area contributed by atoms with E-state index in [1.54, 1.807) is 0 Å². The van der Waals surface area contributed by atoms with Crippen molar-refractivity contribution in [2.75, 3.05) is 13.1 Å². The Kier molecular flexibility index (Phi) is 6.05. The lowest BCUT2D eigenvalue weighted by atomic mass is 9.94. The van der Waals surface area contributed by atoms with Gasteiger partial charge in [0.1, 0.15) is 6.61 Å². The lowest BCUT2D eigenvalue weighted by Crippen LogP contribution is -2.40. The number of aryl methyl sites for hydroxylation is 1. The molecule has 0 aliphatic carbocycles. The summed E-state index contributed by atoms with van der Waals surface area (Å²) < 4.78 is 5.38. The maximum absolute atomic E-state index is 12.7. The molecule has 2 aromatic carbocycles. The zero-order valence-electron chi connectivity index (χ0n) is 15.2. The number of rotatable bonds is 5. The molecule has 0 unspecified atom stereocenters. The Morgan fingerprint density at radius 2 is 1.81 bits per heavy atom. The average Bonchev–Trinajstić information content (AvgIpc) is 2.67. The second-order valence-corrected chi connectivity index (χ2v) is 6.98. The van der Waals surface area contributed by atoms with Gasteiger partial charge in [-0.05, 0) is 43.4 Å². The number of hydrogen-bond acceptors (Lipinski definition) is 3. The van der Waals surface area contributed by atoms with Crippen molar-refractivity contribution in [1.29, 1.82) is 0 Å². The highest BCUT2D eigenvalue weighted by atomic mass is 16.5. The van der Waals surface area contributed by atoms with Crippen molar-refractivity contribution in [2.45, 2.75) is 32.8 Å². The lowest BCUT2D eigenvalue weighted by Gasteiger charge is -2.32. The summed E-state index contributed by atoms with van der Waals surface area (Å²) in [7, 11) is 0. The zero-order chi connectivity index (χ0) is 18.4. The van der Waals surface area contributed by atoms with E-state index in [9.17, 15) is 9.59 Å². The number of esters is 1. The predicted molar refractivity (Wildman–Crippen MR) is 101 cm³/mol. The Morgan fingerprint density at radius 1 is 1.08 bits per heavy atom. The largest absolute Gasteiger partial charge is 0.461 e. The molecule has 2 aromatic rings. The number of amides is 1. The molecule has 26 heavy (non-hydrogen) atoms. The molecule has 0 saturated carbocycles. The molecule has 1 aliphatic rings. The molecule has 4 heteroatoms. The lowest BCUT2D eigenvalue weighted by molar-refractivity contribution is -0.146. The van der Waals surface area contributed by atoms with Crippen molar-refractivity contribution < 1.29 is 14.3 Å². The summed E-state index contributed by atoms with van der Waals surface area (Å²) in [4.78, 5) is 26.7. The van der Waals surface area contributed by atoms with Crippen LogP contribution in [0.25, 0.3) is 0 Å². The van der Waals surface area contributed by atoms with Crippen LogP contribution >= 0.6 is 0 Å². The van der Waals surface area contributed by atoms with Crippen LogP contribution in [0, 0.1) is 12.8 Å². The summed E-state index contributed by atoms with van der Waals surface area (Å²) in [6.45, 7) is 3.68. The van der Waals surface area contributed by atoms with Crippen LogP contribution in [0.2, 0.25) is 0 Å². The van der Waals surface area contributed by atoms with E-state index in [2.05, 4.69) is 0 Å². The first kappa shape index (κ1) is 18.2. The van der Waals surface area contributed by atoms with Gasteiger partial charge in [-0.1, -0.05) is 48.0 Å². The maximum Gasteiger partial charge on any atom is 0.306 e. The second-order valence-electron chi connectivity index (χ2n) is 6.98. The summed E-state index contributed by atoms with van der Waals surface area (Å²) in [5.41, 5.74) is 2.84. The normalized spacial score (nSPS) is 17.0. The number of ether oxygens (including phenoxy) is 1. The van der Waals surface area contributed by atoms with E-state index in [0.717, 1.165) is 30.5 Å². The summed E-state index contributed by atoms with van der Waals surface area (Å²) >= 11 is 0. The molecule has 1 aliphatic heterocycles. The quantitative estimate of drug-likeness (QED) is 0.766. The number of carbonyl (C=O) groups is 2. The Balaban J connectivity index is 1.50. The third-order valence-electron chi connectivity index (χ3n) is 4.80. The van der Waals surface area contributed by atoms with Crippen LogP contribution in [0.4, 0.5) is 0 Å². The Hall–Kier alpha value is -2.62. The minimum Gasteiger partial charge on any atom is -0.461 e. The molecule has 1 heterocycles. The molecule has 0 bridgehead atoms. The standard InChI is InChI=1S/C22H25NO3/c1-17-9-11-20(12-10-17)22(25)23-13-5-8-19(15-23)14-21(24)26-16-18-6-3-2-4-7-18/h2-4,6-7,9-12,19H,5,8,13-16H2,1H3/t19-/m0/s1. The number of hydrogen-bond donors (Lipinski definition) is 0. The van der Waals surface area contributed by atoms with Crippen LogP contribution in [-0.4, -0.2) is 29.9 Å². The molecule has 1 atom stereocenters. The molecule has 0 spiro atoms. The van der Waals surface area contributed by atoms with Gasteiger partial charge in [0.05, 0.1) is 6.42 Å². The minimum absolute atomic E-state index is 0.0485. The summed E-state index contributed by atoms with van der Waals surface area (Å²) in [6, 6.07) is 17.3. The molecule has 3 rings (SSSR count). The third kappa shape index (κ3) is 4.94. The highest BCUT2D eigenvalue weighted by Crippen LogP contribution is 2.22. The Labute approximate surface area is 154 Å². The van der Waals surface area contributed by atoms with E-state index < -0.39 is 0 Å². The highest BCUT2D eigenvalue weighted by molar-refractivity contribution is 5.94. The van der Waals surface area contributed by atoms with E-state index in [4.69, 9.17) is 4.74 Å². The van der Waals surface area contributed by atoms with Gasteiger partial charge in [-0.2, -0.15) is 0 Å². The SMILES string of the molecule is Cc1ccc(C(=O)N2CCC[C@@H](CC(=O)OCc3ccccc3)C2)cc1. The fourth-order valence-electron chi connectivity index (χ4n) is 3.33. The van der Waals surface area contributed by atoms with Gasteiger partial charge >= 0.3 is 5.97 Å². The number of carbonyl (C=O) groups excluding carboxylic acids is 2. The van der Waals surface area contributed by atoms with E-state index >= 15 is 0 Å². The van der Waals surface area contributed by atoms with Gasteiger partial charge in [0, 0.05) is 18.7 Å². The maximum atomic E-state index is 12.7. The van der Waals surface area contributed by atoms with E-state index in [-0.39, 0.29) is 17.8 Å². The zero-order valence-corrected chi connectivity index (χ0v) is 15.2. The first-order chi connectivity index (χ1) is 12.6. The Morgan fingerprint density at radius 3 is 2.54 bits per heavy atom. The fraction of sp³-hybridized carbons (Fsp3) is 0.364. The average molecular weight is 351 g/mol. The number of benzene rings is 2. The van der Waals surface area contributed by atoms with Crippen LogP contribution in [0.5, 0.6) is 0 Å². The molecular weight excluding hydrogens is 326 g/mol. The monoisotopic (exact) mass is 351 g/mol. The van der Waals surface area contributed by atoms with Crippen LogP contribution in [0.15, 0.2) is 54.6 Å². The van der Waals surface area contributed by atoms with Gasteiger partial charge in [0.2, 0.25) is 0 Å².